The van der Waals surface area contributed by atoms with Gasteiger partial charge in [0.05, 0.1) is 0 Å². The third-order valence-electron chi connectivity index (χ3n) is 4.07. The van der Waals surface area contributed by atoms with E-state index in [-0.39, 0.29) is 0 Å². The van der Waals surface area contributed by atoms with E-state index < -0.39 is 0 Å². The second-order valence-electron chi connectivity index (χ2n) is 6.17. The van der Waals surface area contributed by atoms with E-state index in [1.807, 2.05) is 7.05 Å². The number of unbranched alkanes of at least 4 members (excludes halogenated alkanes) is 12. The van der Waals surface area contributed by atoms with Crippen molar-refractivity contribution in [1.82, 2.24) is 5.01 Å². The van der Waals surface area contributed by atoms with Gasteiger partial charge in [-0.15, -0.1) is 0 Å². The molecule has 0 aromatic heterocycles. The van der Waals surface area contributed by atoms with Crippen molar-refractivity contribution in [2.24, 2.45) is 5.84 Å². The Morgan fingerprint density at radius 3 is 1.45 bits per heavy atom. The number of allylic oxidation sites excluding steroid dienone is 1. The second-order valence-corrected chi connectivity index (χ2v) is 6.17. The highest BCUT2D eigenvalue weighted by molar-refractivity contribution is 4.88. The molecule has 120 valence electrons. The lowest BCUT2D eigenvalue weighted by molar-refractivity contribution is 0.415. The molecule has 2 heteroatoms. The Labute approximate surface area is 127 Å². The highest BCUT2D eigenvalue weighted by Gasteiger charge is 1.97. The molecule has 2 nitrogen and oxygen atoms in total. The number of hydrogen-bond donors (Lipinski definition) is 1. The average molecular weight is 283 g/mol. The summed E-state index contributed by atoms with van der Waals surface area (Å²) in [7, 11) is 1.87. The third-order valence-corrected chi connectivity index (χ3v) is 4.07. The molecule has 0 unspecified atom stereocenters. The summed E-state index contributed by atoms with van der Waals surface area (Å²) in [6.07, 6.45) is 19.3. The van der Waals surface area contributed by atoms with Crippen molar-refractivity contribution < 1.29 is 0 Å². The minimum Gasteiger partial charge on any atom is -0.319 e. The molecule has 0 aromatic carbocycles. The molecule has 0 aliphatic heterocycles. The Hall–Kier alpha value is -0.500. The SMILES string of the molecule is C=C(CCCCCCCCCCCCCCC)N(C)N. The van der Waals surface area contributed by atoms with Gasteiger partial charge in [0.2, 0.25) is 0 Å². The summed E-state index contributed by atoms with van der Waals surface area (Å²) < 4.78 is 0. The monoisotopic (exact) mass is 282 g/mol. The predicted molar refractivity (Wildman–Crippen MR) is 91.4 cm³/mol. The number of rotatable bonds is 15. The zero-order valence-corrected chi connectivity index (χ0v) is 14.1. The first-order chi connectivity index (χ1) is 9.68. The lowest BCUT2D eigenvalue weighted by Gasteiger charge is -2.14. The summed E-state index contributed by atoms with van der Waals surface area (Å²) in [6, 6.07) is 0. The first-order valence-corrected chi connectivity index (χ1v) is 8.84. The van der Waals surface area contributed by atoms with E-state index in [4.69, 9.17) is 5.84 Å². The first-order valence-electron chi connectivity index (χ1n) is 8.84. The van der Waals surface area contributed by atoms with Gasteiger partial charge in [-0.1, -0.05) is 90.6 Å². The van der Waals surface area contributed by atoms with Gasteiger partial charge in [0.15, 0.2) is 0 Å². The summed E-state index contributed by atoms with van der Waals surface area (Å²) >= 11 is 0. The predicted octanol–water partition coefficient (Wildman–Crippen LogP) is 5.79. The molecule has 0 heterocycles. The maximum Gasteiger partial charge on any atom is 0.0225 e. The van der Waals surface area contributed by atoms with Crippen LogP contribution in [0.5, 0.6) is 0 Å². The van der Waals surface area contributed by atoms with Crippen molar-refractivity contribution in [3.63, 3.8) is 0 Å². The van der Waals surface area contributed by atoms with E-state index in [0.29, 0.717) is 0 Å². The van der Waals surface area contributed by atoms with Crippen LogP contribution in [-0.2, 0) is 0 Å². The topological polar surface area (TPSA) is 29.3 Å². The molecule has 0 radical (unpaired) electrons. The smallest absolute Gasteiger partial charge is 0.0225 e. The number of nitrogens with two attached hydrogens (primary N) is 1. The van der Waals surface area contributed by atoms with Gasteiger partial charge in [-0.25, -0.2) is 5.84 Å². The molecular formula is C18H38N2. The molecule has 0 spiro atoms. The van der Waals surface area contributed by atoms with Crippen LogP contribution < -0.4 is 5.84 Å². The molecule has 0 fully saturated rings. The van der Waals surface area contributed by atoms with Crippen molar-refractivity contribution in [2.75, 3.05) is 7.05 Å². The van der Waals surface area contributed by atoms with E-state index in [1.54, 1.807) is 5.01 Å². The molecule has 0 aliphatic rings. The standard InChI is InChI=1S/C18H38N2/c1-4-5-6-7-8-9-10-11-12-13-14-15-16-17-18(2)20(3)19/h2,4-17,19H2,1,3H3. The molecule has 0 aromatic rings. The second kappa shape index (κ2) is 14.9. The van der Waals surface area contributed by atoms with Crippen molar-refractivity contribution in [1.29, 1.82) is 0 Å². The largest absolute Gasteiger partial charge is 0.319 e. The molecule has 0 rings (SSSR count). The molecule has 0 amide bonds. The van der Waals surface area contributed by atoms with Crippen LogP contribution in [0.4, 0.5) is 0 Å². The van der Waals surface area contributed by atoms with Crippen LogP contribution in [0, 0.1) is 0 Å². The highest BCUT2D eigenvalue weighted by Crippen LogP contribution is 2.14. The number of hydrogen-bond acceptors (Lipinski definition) is 2. The van der Waals surface area contributed by atoms with Crippen molar-refractivity contribution >= 4 is 0 Å². The van der Waals surface area contributed by atoms with Gasteiger partial charge < -0.3 is 5.01 Å². The van der Waals surface area contributed by atoms with E-state index in [2.05, 4.69) is 13.5 Å². The summed E-state index contributed by atoms with van der Waals surface area (Å²) in [6.45, 7) is 6.23. The fraction of sp³-hybridized carbons (Fsp3) is 0.889. The lowest BCUT2D eigenvalue weighted by atomic mass is 10.0. The third kappa shape index (κ3) is 13.9. The Bertz CT molecular complexity index is 211. The highest BCUT2D eigenvalue weighted by atomic mass is 15.4. The Morgan fingerprint density at radius 2 is 1.10 bits per heavy atom. The molecule has 0 saturated carbocycles. The van der Waals surface area contributed by atoms with E-state index in [9.17, 15) is 0 Å². The molecule has 0 atom stereocenters. The molecular weight excluding hydrogens is 244 g/mol. The normalized spacial score (nSPS) is 10.8. The van der Waals surface area contributed by atoms with E-state index >= 15 is 0 Å². The Kier molecular flexibility index (Phi) is 14.5. The Morgan fingerprint density at radius 1 is 0.750 bits per heavy atom. The summed E-state index contributed by atoms with van der Waals surface area (Å²) in [5, 5.41) is 1.64. The van der Waals surface area contributed by atoms with E-state index in [1.165, 1.54) is 83.5 Å². The van der Waals surface area contributed by atoms with Gasteiger partial charge in [-0.05, 0) is 12.8 Å². The molecule has 0 aliphatic carbocycles. The van der Waals surface area contributed by atoms with Gasteiger partial charge in [0.1, 0.15) is 0 Å². The van der Waals surface area contributed by atoms with Crippen LogP contribution in [0.15, 0.2) is 12.3 Å². The van der Waals surface area contributed by atoms with Gasteiger partial charge in [0.25, 0.3) is 0 Å². The van der Waals surface area contributed by atoms with Crippen LogP contribution in [0.3, 0.4) is 0 Å². The zero-order chi connectivity index (χ0) is 15.1. The molecule has 2 N–H and O–H groups in total. The quantitative estimate of drug-likeness (QED) is 0.234. The number of nitrogens with zero attached hydrogens (tertiary/aromatic N) is 1. The summed E-state index contributed by atoms with van der Waals surface area (Å²) in [4.78, 5) is 0. The fourth-order valence-electron chi connectivity index (χ4n) is 2.52. The van der Waals surface area contributed by atoms with Crippen LogP contribution >= 0.6 is 0 Å². The van der Waals surface area contributed by atoms with Gasteiger partial charge in [-0.2, -0.15) is 0 Å². The van der Waals surface area contributed by atoms with Crippen molar-refractivity contribution in [2.45, 2.75) is 96.8 Å². The maximum atomic E-state index is 5.62. The van der Waals surface area contributed by atoms with Crippen LogP contribution in [0.25, 0.3) is 0 Å². The van der Waals surface area contributed by atoms with Gasteiger partial charge in [0, 0.05) is 12.7 Å². The lowest BCUT2D eigenvalue weighted by Crippen LogP contribution is -2.24. The zero-order valence-electron chi connectivity index (χ0n) is 14.1. The molecule has 0 bridgehead atoms. The fourth-order valence-corrected chi connectivity index (χ4v) is 2.52. The summed E-state index contributed by atoms with van der Waals surface area (Å²) in [5.74, 6) is 5.62. The maximum absolute atomic E-state index is 5.62. The van der Waals surface area contributed by atoms with Crippen molar-refractivity contribution in [3.05, 3.63) is 12.3 Å². The van der Waals surface area contributed by atoms with Gasteiger partial charge >= 0.3 is 0 Å². The van der Waals surface area contributed by atoms with Gasteiger partial charge in [-0.3, -0.25) is 0 Å². The number of hydrazine groups is 1. The minimum atomic E-state index is 1.05. The minimum absolute atomic E-state index is 1.05. The van der Waals surface area contributed by atoms with E-state index in [0.717, 1.165) is 12.1 Å². The van der Waals surface area contributed by atoms with Crippen LogP contribution in [0.2, 0.25) is 0 Å². The van der Waals surface area contributed by atoms with Crippen molar-refractivity contribution in [3.8, 4) is 0 Å². The Balaban J connectivity index is 3.04. The first kappa shape index (κ1) is 19.5. The van der Waals surface area contributed by atoms with Crippen LogP contribution in [0.1, 0.15) is 96.8 Å². The molecule has 0 saturated heterocycles. The average Bonchev–Trinajstić information content (AvgIpc) is 2.43. The van der Waals surface area contributed by atoms with Crippen LogP contribution in [-0.4, -0.2) is 12.1 Å². The molecule has 20 heavy (non-hydrogen) atoms. The summed E-state index contributed by atoms with van der Waals surface area (Å²) in [5.41, 5.74) is 1.05.